The molecule has 0 saturated carbocycles. The molecule has 0 aliphatic heterocycles. The van der Waals surface area contributed by atoms with Gasteiger partial charge in [0.15, 0.2) is 5.43 Å². The summed E-state index contributed by atoms with van der Waals surface area (Å²) >= 11 is 3.39. The molecule has 1 amide bonds. The number of H-pyrrole nitrogens is 1. The maximum Gasteiger partial charge on any atom is 0.256 e. The van der Waals surface area contributed by atoms with Gasteiger partial charge in [-0.25, -0.2) is 0 Å². The van der Waals surface area contributed by atoms with Crippen LogP contribution >= 0.6 is 15.9 Å². The number of hydrogen-bond acceptors (Lipinski definition) is 2. The Morgan fingerprint density at radius 3 is 2.62 bits per heavy atom. The average Bonchev–Trinajstić information content (AvgIpc) is 2.41. The zero-order chi connectivity index (χ0) is 15.4. The molecule has 2 aromatic rings. The fraction of sp³-hybridized carbons (Fsp3) is 0.250. The van der Waals surface area contributed by atoms with E-state index in [0.29, 0.717) is 6.42 Å². The molecule has 0 spiro atoms. The maximum atomic E-state index is 12.1. The Kier molecular flexibility index (Phi) is 4.96. The first kappa shape index (κ1) is 15.5. The number of aromatic amines is 1. The molecule has 0 aliphatic rings. The third kappa shape index (κ3) is 4.29. The molecule has 0 saturated heterocycles. The summed E-state index contributed by atoms with van der Waals surface area (Å²) in [4.78, 5) is 26.8. The summed E-state index contributed by atoms with van der Waals surface area (Å²) < 4.78 is 1.02. The molecule has 1 aromatic heterocycles. The molecule has 2 rings (SSSR count). The van der Waals surface area contributed by atoms with Gasteiger partial charge in [-0.1, -0.05) is 28.1 Å². The third-order valence-corrected chi connectivity index (χ3v) is 3.66. The molecule has 1 unspecified atom stereocenters. The van der Waals surface area contributed by atoms with Crippen LogP contribution in [0.4, 0.5) is 0 Å². The van der Waals surface area contributed by atoms with Crippen LogP contribution in [0.1, 0.15) is 28.5 Å². The topological polar surface area (TPSA) is 62.0 Å². The molecule has 21 heavy (non-hydrogen) atoms. The van der Waals surface area contributed by atoms with Crippen LogP contribution in [-0.4, -0.2) is 16.9 Å². The molecular weight excluding hydrogens is 332 g/mol. The second-order valence-corrected chi connectivity index (χ2v) is 6.01. The lowest BCUT2D eigenvalue weighted by atomic mass is 10.1. The molecule has 0 radical (unpaired) electrons. The fourth-order valence-corrected chi connectivity index (χ4v) is 2.34. The second-order valence-electron chi connectivity index (χ2n) is 5.10. The lowest BCUT2D eigenvalue weighted by Gasteiger charge is -2.14. The van der Waals surface area contributed by atoms with E-state index < -0.39 is 0 Å². The Labute approximate surface area is 131 Å². The van der Waals surface area contributed by atoms with Crippen molar-refractivity contribution in [2.75, 3.05) is 0 Å². The number of amides is 1. The number of carbonyl (C=O) groups is 1. The van der Waals surface area contributed by atoms with Gasteiger partial charge in [-0.05, 0) is 38.0 Å². The van der Waals surface area contributed by atoms with Crippen LogP contribution in [0.5, 0.6) is 0 Å². The molecule has 2 N–H and O–H groups in total. The first-order chi connectivity index (χ1) is 9.95. The summed E-state index contributed by atoms with van der Waals surface area (Å²) in [6, 6.07) is 9.31. The SMILES string of the molecule is Cc1cc(=O)c(C(=O)NC(C)Cc2ccc(Br)cc2)c[nH]1. The number of halogens is 1. The van der Waals surface area contributed by atoms with Crippen molar-refractivity contribution in [3.8, 4) is 0 Å². The Bertz CT molecular complexity index is 692. The molecule has 1 heterocycles. The van der Waals surface area contributed by atoms with E-state index in [0.717, 1.165) is 15.7 Å². The van der Waals surface area contributed by atoms with Crippen LogP contribution < -0.4 is 10.7 Å². The number of benzene rings is 1. The van der Waals surface area contributed by atoms with E-state index >= 15 is 0 Å². The summed E-state index contributed by atoms with van der Waals surface area (Å²) in [5, 5.41) is 2.85. The fourth-order valence-electron chi connectivity index (χ4n) is 2.08. The number of rotatable bonds is 4. The Morgan fingerprint density at radius 1 is 1.33 bits per heavy atom. The lowest BCUT2D eigenvalue weighted by Crippen LogP contribution is -2.36. The normalized spacial score (nSPS) is 12.0. The highest BCUT2D eigenvalue weighted by molar-refractivity contribution is 9.10. The van der Waals surface area contributed by atoms with Crippen molar-refractivity contribution in [2.24, 2.45) is 0 Å². The van der Waals surface area contributed by atoms with E-state index in [2.05, 4.69) is 26.2 Å². The molecular formula is C16H17BrN2O2. The summed E-state index contributed by atoms with van der Waals surface area (Å²) in [6.07, 6.45) is 2.17. The monoisotopic (exact) mass is 348 g/mol. The van der Waals surface area contributed by atoms with Gasteiger partial charge < -0.3 is 10.3 Å². The predicted molar refractivity (Wildman–Crippen MR) is 86.6 cm³/mol. The van der Waals surface area contributed by atoms with E-state index in [9.17, 15) is 9.59 Å². The van der Waals surface area contributed by atoms with E-state index in [1.54, 1.807) is 6.92 Å². The first-order valence-corrected chi connectivity index (χ1v) is 7.49. The summed E-state index contributed by atoms with van der Waals surface area (Å²) in [6.45, 7) is 3.70. The standard InChI is InChI=1S/C16H17BrN2O2/c1-10-8-15(20)14(9-18-10)16(21)19-11(2)7-12-3-5-13(17)6-4-12/h3-6,8-9,11H,7H2,1-2H3,(H,18,20)(H,19,21). The lowest BCUT2D eigenvalue weighted by molar-refractivity contribution is 0.0938. The van der Waals surface area contributed by atoms with Gasteiger partial charge in [0, 0.05) is 28.5 Å². The van der Waals surface area contributed by atoms with Crippen LogP contribution in [0.15, 0.2) is 45.8 Å². The first-order valence-electron chi connectivity index (χ1n) is 6.70. The average molecular weight is 349 g/mol. The summed E-state index contributed by atoms with van der Waals surface area (Å²) in [5.74, 6) is -0.346. The molecule has 0 aliphatic carbocycles. The number of aryl methyl sites for hydroxylation is 1. The Hall–Kier alpha value is -1.88. The molecule has 1 aromatic carbocycles. The predicted octanol–water partition coefficient (Wildman–Crippen LogP) is 2.81. The van der Waals surface area contributed by atoms with Gasteiger partial charge in [-0.2, -0.15) is 0 Å². The van der Waals surface area contributed by atoms with Crippen molar-refractivity contribution in [1.29, 1.82) is 0 Å². The van der Waals surface area contributed by atoms with Gasteiger partial charge in [0.25, 0.3) is 5.91 Å². The van der Waals surface area contributed by atoms with Crippen molar-refractivity contribution in [1.82, 2.24) is 10.3 Å². The highest BCUT2D eigenvalue weighted by atomic mass is 79.9. The van der Waals surface area contributed by atoms with Crippen molar-refractivity contribution >= 4 is 21.8 Å². The van der Waals surface area contributed by atoms with Crippen LogP contribution in [0, 0.1) is 6.92 Å². The van der Waals surface area contributed by atoms with E-state index in [1.165, 1.54) is 12.3 Å². The minimum absolute atomic E-state index is 0.0561. The highest BCUT2D eigenvalue weighted by Crippen LogP contribution is 2.12. The second kappa shape index (κ2) is 6.72. The van der Waals surface area contributed by atoms with Gasteiger partial charge in [-0.3, -0.25) is 9.59 Å². The Balaban J connectivity index is 2.01. The van der Waals surface area contributed by atoms with Gasteiger partial charge >= 0.3 is 0 Å². The van der Waals surface area contributed by atoms with E-state index in [-0.39, 0.29) is 22.9 Å². The van der Waals surface area contributed by atoms with Crippen LogP contribution in [0.25, 0.3) is 0 Å². The zero-order valence-corrected chi connectivity index (χ0v) is 13.5. The molecule has 5 heteroatoms. The summed E-state index contributed by atoms with van der Waals surface area (Å²) in [5.41, 5.74) is 1.74. The molecule has 0 bridgehead atoms. The van der Waals surface area contributed by atoms with Crippen molar-refractivity contribution in [3.63, 3.8) is 0 Å². The number of nitrogens with one attached hydrogen (secondary N) is 2. The maximum absolute atomic E-state index is 12.1. The van der Waals surface area contributed by atoms with Gasteiger partial charge in [-0.15, -0.1) is 0 Å². The van der Waals surface area contributed by atoms with Crippen LogP contribution in [0.2, 0.25) is 0 Å². The largest absolute Gasteiger partial charge is 0.364 e. The zero-order valence-electron chi connectivity index (χ0n) is 11.9. The summed E-state index contributed by atoms with van der Waals surface area (Å²) in [7, 11) is 0. The Morgan fingerprint density at radius 2 is 2.00 bits per heavy atom. The minimum atomic E-state index is -0.346. The van der Waals surface area contributed by atoms with Crippen LogP contribution in [-0.2, 0) is 6.42 Å². The number of aromatic nitrogens is 1. The quantitative estimate of drug-likeness (QED) is 0.892. The molecule has 110 valence electrons. The number of pyridine rings is 1. The van der Waals surface area contributed by atoms with Gasteiger partial charge in [0.05, 0.1) is 0 Å². The van der Waals surface area contributed by atoms with E-state index in [4.69, 9.17) is 0 Å². The highest BCUT2D eigenvalue weighted by Gasteiger charge is 2.13. The van der Waals surface area contributed by atoms with Crippen molar-refractivity contribution < 1.29 is 4.79 Å². The minimum Gasteiger partial charge on any atom is -0.364 e. The van der Waals surface area contributed by atoms with E-state index in [1.807, 2.05) is 31.2 Å². The molecule has 1 atom stereocenters. The number of carbonyl (C=O) groups excluding carboxylic acids is 1. The van der Waals surface area contributed by atoms with Crippen LogP contribution in [0.3, 0.4) is 0 Å². The smallest absolute Gasteiger partial charge is 0.256 e. The molecule has 4 nitrogen and oxygen atoms in total. The van der Waals surface area contributed by atoms with Crippen molar-refractivity contribution in [3.05, 3.63) is 68.0 Å². The van der Waals surface area contributed by atoms with Gasteiger partial charge in [0.1, 0.15) is 5.56 Å². The molecule has 0 fully saturated rings. The number of hydrogen-bond donors (Lipinski definition) is 2. The van der Waals surface area contributed by atoms with Gasteiger partial charge in [0.2, 0.25) is 0 Å². The van der Waals surface area contributed by atoms with Crippen molar-refractivity contribution in [2.45, 2.75) is 26.3 Å². The third-order valence-electron chi connectivity index (χ3n) is 3.13.